The average molecular weight is 198 g/mol. The second-order valence-corrected chi connectivity index (χ2v) is 5.23. The van der Waals surface area contributed by atoms with Gasteiger partial charge >= 0.3 is 0 Å². The molecule has 1 aliphatic heterocycles. The summed E-state index contributed by atoms with van der Waals surface area (Å²) >= 11 is 0. The molecule has 0 radical (unpaired) electrons. The van der Waals surface area contributed by atoms with Crippen LogP contribution in [0.5, 0.6) is 0 Å². The van der Waals surface area contributed by atoms with Gasteiger partial charge in [-0.05, 0) is 17.8 Å². The lowest BCUT2D eigenvalue weighted by molar-refractivity contribution is -0.130. The number of nitrogens with two attached hydrogens (primary N) is 1. The second-order valence-electron chi connectivity index (χ2n) is 5.23. The van der Waals surface area contributed by atoms with Crippen molar-refractivity contribution in [1.29, 1.82) is 0 Å². The molecule has 1 saturated heterocycles. The Morgan fingerprint density at radius 2 is 2.14 bits per heavy atom. The summed E-state index contributed by atoms with van der Waals surface area (Å²) in [4.78, 5) is 13.5. The number of hydrogen-bond donors (Lipinski definition) is 1. The molecule has 0 aromatic heterocycles. The molecule has 0 spiro atoms. The minimum absolute atomic E-state index is 0.222. The van der Waals surface area contributed by atoms with Crippen molar-refractivity contribution in [2.24, 2.45) is 17.1 Å². The number of hydrogen-bond acceptors (Lipinski definition) is 2. The van der Waals surface area contributed by atoms with Gasteiger partial charge in [0.1, 0.15) is 0 Å². The summed E-state index contributed by atoms with van der Waals surface area (Å²) in [7, 11) is 0. The Bertz CT molecular complexity index is 208. The maximum absolute atomic E-state index is 11.6. The first-order valence-electron chi connectivity index (χ1n) is 5.43. The van der Waals surface area contributed by atoms with Crippen molar-refractivity contribution in [1.82, 2.24) is 4.90 Å². The normalized spacial score (nSPS) is 22.9. The van der Waals surface area contributed by atoms with E-state index in [9.17, 15) is 4.79 Å². The molecule has 2 N–H and O–H groups in total. The Balaban J connectivity index is 2.45. The van der Waals surface area contributed by atoms with Crippen molar-refractivity contribution in [3.8, 4) is 0 Å². The largest absolute Gasteiger partial charge is 0.342 e. The van der Waals surface area contributed by atoms with Crippen LogP contribution in [0, 0.1) is 11.3 Å². The molecule has 3 nitrogen and oxygen atoms in total. The monoisotopic (exact) mass is 198 g/mol. The molecule has 0 aromatic rings. The molecular formula is C11H22N2O. The Morgan fingerprint density at radius 3 is 2.57 bits per heavy atom. The first-order chi connectivity index (χ1) is 6.45. The van der Waals surface area contributed by atoms with E-state index in [1.165, 1.54) is 0 Å². The van der Waals surface area contributed by atoms with Gasteiger partial charge in [-0.15, -0.1) is 0 Å². The predicted octanol–water partition coefficient (Wildman–Crippen LogP) is 1.23. The highest BCUT2D eigenvalue weighted by molar-refractivity contribution is 5.76. The summed E-state index contributed by atoms with van der Waals surface area (Å²) in [6.45, 7) is 9.04. The average Bonchev–Trinajstić information content (AvgIpc) is 2.51. The van der Waals surface area contributed by atoms with Crippen LogP contribution in [-0.4, -0.2) is 30.4 Å². The molecule has 1 rings (SSSR count). The highest BCUT2D eigenvalue weighted by Gasteiger charge is 2.33. The summed E-state index contributed by atoms with van der Waals surface area (Å²) in [5, 5.41) is 0. The van der Waals surface area contributed by atoms with Crippen LogP contribution in [0.2, 0.25) is 0 Å². The zero-order valence-corrected chi connectivity index (χ0v) is 9.55. The number of rotatable bonds is 2. The number of carbonyl (C=O) groups excluding carboxylic acids is 1. The molecule has 0 saturated carbocycles. The minimum Gasteiger partial charge on any atom is -0.342 e. The van der Waals surface area contributed by atoms with Gasteiger partial charge in [0.15, 0.2) is 0 Å². The smallest absolute Gasteiger partial charge is 0.223 e. The molecule has 1 atom stereocenters. The van der Waals surface area contributed by atoms with E-state index in [0.29, 0.717) is 24.3 Å². The molecule has 1 heterocycles. The Labute approximate surface area is 86.6 Å². The van der Waals surface area contributed by atoms with Crippen molar-refractivity contribution >= 4 is 5.91 Å². The van der Waals surface area contributed by atoms with E-state index < -0.39 is 0 Å². The van der Waals surface area contributed by atoms with Gasteiger partial charge in [0.05, 0.1) is 0 Å². The molecular weight excluding hydrogens is 176 g/mol. The molecule has 0 aliphatic carbocycles. The van der Waals surface area contributed by atoms with E-state index >= 15 is 0 Å². The lowest BCUT2D eigenvalue weighted by atomic mass is 9.80. The van der Waals surface area contributed by atoms with Gasteiger partial charge in [0, 0.05) is 26.1 Å². The van der Waals surface area contributed by atoms with Gasteiger partial charge in [-0.2, -0.15) is 0 Å². The fourth-order valence-electron chi connectivity index (χ4n) is 1.98. The molecule has 0 bridgehead atoms. The van der Waals surface area contributed by atoms with Crippen LogP contribution in [0.3, 0.4) is 0 Å². The number of likely N-dealkylation sites (tertiary alicyclic amines) is 1. The van der Waals surface area contributed by atoms with E-state index in [-0.39, 0.29) is 5.91 Å². The quantitative estimate of drug-likeness (QED) is 0.725. The van der Waals surface area contributed by atoms with Crippen LogP contribution in [0.4, 0.5) is 0 Å². The topological polar surface area (TPSA) is 46.3 Å². The lowest BCUT2D eigenvalue weighted by Gasteiger charge is -2.26. The third-order valence-corrected chi connectivity index (χ3v) is 3.12. The highest BCUT2D eigenvalue weighted by atomic mass is 16.2. The van der Waals surface area contributed by atoms with Crippen LogP contribution in [0.25, 0.3) is 0 Å². The summed E-state index contributed by atoms with van der Waals surface area (Å²) in [5.74, 6) is 0.864. The molecule has 3 heteroatoms. The van der Waals surface area contributed by atoms with Crippen LogP contribution in [0.15, 0.2) is 0 Å². The Morgan fingerprint density at radius 1 is 1.50 bits per heavy atom. The number of amides is 1. The predicted molar refractivity (Wildman–Crippen MR) is 57.8 cm³/mol. The molecule has 0 aromatic carbocycles. The van der Waals surface area contributed by atoms with Crippen molar-refractivity contribution in [3.63, 3.8) is 0 Å². The van der Waals surface area contributed by atoms with Crippen molar-refractivity contribution in [3.05, 3.63) is 0 Å². The SMILES string of the molecule is CC(C)(C)C1CCN(C(=O)CCN)C1. The maximum atomic E-state index is 11.6. The van der Waals surface area contributed by atoms with Crippen LogP contribution in [0.1, 0.15) is 33.6 Å². The van der Waals surface area contributed by atoms with Gasteiger partial charge < -0.3 is 10.6 Å². The summed E-state index contributed by atoms with van der Waals surface area (Å²) in [6, 6.07) is 0. The molecule has 1 fully saturated rings. The van der Waals surface area contributed by atoms with Crippen LogP contribution in [-0.2, 0) is 4.79 Å². The molecule has 14 heavy (non-hydrogen) atoms. The maximum Gasteiger partial charge on any atom is 0.223 e. The van der Waals surface area contributed by atoms with Crippen molar-refractivity contribution in [2.45, 2.75) is 33.6 Å². The van der Waals surface area contributed by atoms with E-state index in [1.807, 2.05) is 4.90 Å². The Kier molecular flexibility index (Phi) is 3.53. The van der Waals surface area contributed by atoms with Crippen molar-refractivity contribution < 1.29 is 4.79 Å². The second kappa shape index (κ2) is 4.30. The zero-order valence-electron chi connectivity index (χ0n) is 9.55. The third-order valence-electron chi connectivity index (χ3n) is 3.12. The standard InChI is InChI=1S/C11H22N2O/c1-11(2,3)9-5-7-13(8-9)10(14)4-6-12/h9H,4-8,12H2,1-3H3. The van der Waals surface area contributed by atoms with E-state index in [4.69, 9.17) is 5.73 Å². The van der Waals surface area contributed by atoms with Crippen molar-refractivity contribution in [2.75, 3.05) is 19.6 Å². The van der Waals surface area contributed by atoms with Crippen LogP contribution < -0.4 is 5.73 Å². The fourth-order valence-corrected chi connectivity index (χ4v) is 1.98. The summed E-state index contributed by atoms with van der Waals surface area (Å²) < 4.78 is 0. The first kappa shape index (κ1) is 11.5. The molecule has 1 aliphatic rings. The fraction of sp³-hybridized carbons (Fsp3) is 0.909. The first-order valence-corrected chi connectivity index (χ1v) is 5.43. The van der Waals surface area contributed by atoms with E-state index in [1.54, 1.807) is 0 Å². The summed E-state index contributed by atoms with van der Waals surface area (Å²) in [5.41, 5.74) is 5.69. The zero-order chi connectivity index (χ0) is 10.8. The molecule has 1 unspecified atom stereocenters. The number of nitrogens with zero attached hydrogens (tertiary/aromatic N) is 1. The minimum atomic E-state index is 0.222. The van der Waals surface area contributed by atoms with Gasteiger partial charge in [0.2, 0.25) is 5.91 Å². The third kappa shape index (κ3) is 2.71. The number of carbonyl (C=O) groups is 1. The van der Waals surface area contributed by atoms with Gasteiger partial charge in [-0.1, -0.05) is 20.8 Å². The Hall–Kier alpha value is -0.570. The summed E-state index contributed by atoms with van der Waals surface area (Å²) in [6.07, 6.45) is 1.64. The van der Waals surface area contributed by atoms with E-state index in [2.05, 4.69) is 20.8 Å². The van der Waals surface area contributed by atoms with Gasteiger partial charge in [-0.25, -0.2) is 0 Å². The van der Waals surface area contributed by atoms with Gasteiger partial charge in [0.25, 0.3) is 0 Å². The van der Waals surface area contributed by atoms with Crippen LogP contribution >= 0.6 is 0 Å². The highest BCUT2D eigenvalue weighted by Crippen LogP contribution is 2.33. The lowest BCUT2D eigenvalue weighted by Crippen LogP contribution is -2.32. The molecule has 82 valence electrons. The van der Waals surface area contributed by atoms with Gasteiger partial charge in [-0.3, -0.25) is 4.79 Å². The molecule has 1 amide bonds. The van der Waals surface area contributed by atoms with E-state index in [0.717, 1.165) is 19.5 Å².